The molecule has 2 N–H and O–H groups in total. The number of fused-ring (bicyclic) bond motifs is 1. The number of hydrogen-bond acceptors (Lipinski definition) is 3. The molecule has 1 saturated carbocycles. The number of nitrogens with zero attached hydrogens (tertiary/aromatic N) is 1. The van der Waals surface area contributed by atoms with Gasteiger partial charge in [-0.05, 0) is 68.4 Å². The number of ether oxygens (including phenoxy) is 1. The molecule has 0 unspecified atom stereocenters. The van der Waals surface area contributed by atoms with Crippen LogP contribution in [0.3, 0.4) is 0 Å². The number of pyridine rings is 1. The van der Waals surface area contributed by atoms with Crippen LogP contribution in [0.2, 0.25) is 0 Å². The van der Waals surface area contributed by atoms with E-state index in [1.54, 1.807) is 7.11 Å². The fourth-order valence-electron chi connectivity index (χ4n) is 4.07. The normalized spacial score (nSPS) is 14.1. The van der Waals surface area contributed by atoms with Crippen molar-refractivity contribution in [2.45, 2.75) is 45.2 Å². The number of methoxy groups -OCH3 is 1. The van der Waals surface area contributed by atoms with E-state index in [-0.39, 0.29) is 5.56 Å². The first kappa shape index (κ1) is 20.4. The summed E-state index contributed by atoms with van der Waals surface area (Å²) in [6.45, 7) is 2.54. The van der Waals surface area contributed by atoms with Crippen molar-refractivity contribution in [3.63, 3.8) is 0 Å². The number of nitrogens with one attached hydrogen (secondary N) is 2. The summed E-state index contributed by atoms with van der Waals surface area (Å²) in [4.78, 5) is 18.0. The number of aryl methyl sites for hydroxylation is 1. The Labute approximate surface area is 182 Å². The number of anilines is 1. The maximum absolute atomic E-state index is 12.8. The van der Waals surface area contributed by atoms with Gasteiger partial charge in [-0.3, -0.25) is 4.79 Å². The van der Waals surface area contributed by atoms with Crippen molar-refractivity contribution >= 4 is 33.9 Å². The van der Waals surface area contributed by atoms with Crippen LogP contribution in [0, 0.1) is 6.92 Å². The van der Waals surface area contributed by atoms with E-state index in [9.17, 15) is 4.79 Å². The van der Waals surface area contributed by atoms with Gasteiger partial charge in [0.2, 0.25) is 0 Å². The molecule has 0 saturated heterocycles. The Morgan fingerprint density at radius 2 is 1.90 bits per heavy atom. The van der Waals surface area contributed by atoms with Crippen molar-refractivity contribution in [3.8, 4) is 5.75 Å². The Bertz CT molecular complexity index is 1100. The van der Waals surface area contributed by atoms with Gasteiger partial charge in [-0.25, -0.2) is 0 Å². The van der Waals surface area contributed by atoms with Gasteiger partial charge in [0.1, 0.15) is 5.75 Å². The molecule has 0 amide bonds. The van der Waals surface area contributed by atoms with Gasteiger partial charge in [-0.2, -0.15) is 0 Å². The van der Waals surface area contributed by atoms with Crippen LogP contribution in [0.5, 0.6) is 5.75 Å². The lowest BCUT2D eigenvalue weighted by Crippen LogP contribution is -2.42. The monoisotopic (exact) mass is 421 g/mol. The first-order chi connectivity index (χ1) is 14.5. The molecule has 5 nitrogen and oxygen atoms in total. The molecule has 3 aromatic rings. The van der Waals surface area contributed by atoms with Crippen LogP contribution >= 0.6 is 12.2 Å². The van der Waals surface area contributed by atoms with Crippen LogP contribution in [0.1, 0.15) is 36.8 Å². The van der Waals surface area contributed by atoms with E-state index >= 15 is 0 Å². The Balaban J connectivity index is 1.63. The quantitative estimate of drug-likeness (QED) is 0.569. The Kier molecular flexibility index (Phi) is 6.04. The Hall–Kier alpha value is -2.86. The first-order valence-electron chi connectivity index (χ1n) is 10.4. The van der Waals surface area contributed by atoms with Crippen molar-refractivity contribution in [2.24, 2.45) is 0 Å². The minimum Gasteiger partial charge on any atom is -0.497 e. The minimum absolute atomic E-state index is 0.0752. The SMILES string of the molecule is COc1ccc2[nH]c(=O)c(CN(C(=S)Nc3ccc(C)cc3)C3CCCC3)cc2c1. The van der Waals surface area contributed by atoms with Gasteiger partial charge in [0.15, 0.2) is 5.11 Å². The van der Waals surface area contributed by atoms with E-state index in [1.807, 2.05) is 36.4 Å². The predicted molar refractivity (Wildman–Crippen MR) is 126 cm³/mol. The summed E-state index contributed by atoms with van der Waals surface area (Å²) in [5.74, 6) is 0.768. The molecule has 0 aliphatic heterocycles. The predicted octanol–water partition coefficient (Wildman–Crippen LogP) is 4.99. The molecule has 6 heteroatoms. The minimum atomic E-state index is -0.0752. The highest BCUT2D eigenvalue weighted by Crippen LogP contribution is 2.26. The van der Waals surface area contributed by atoms with Crippen LogP contribution in [0.25, 0.3) is 10.9 Å². The van der Waals surface area contributed by atoms with Crippen molar-refractivity contribution in [3.05, 3.63) is 70.0 Å². The van der Waals surface area contributed by atoms with Crippen LogP contribution in [-0.4, -0.2) is 28.1 Å². The molecular formula is C24H27N3O2S. The van der Waals surface area contributed by atoms with E-state index in [0.717, 1.165) is 35.2 Å². The van der Waals surface area contributed by atoms with E-state index in [0.29, 0.717) is 23.3 Å². The number of aromatic amines is 1. The molecule has 0 radical (unpaired) electrons. The largest absolute Gasteiger partial charge is 0.497 e. The second-order valence-electron chi connectivity index (χ2n) is 7.94. The fourth-order valence-corrected chi connectivity index (χ4v) is 4.40. The lowest BCUT2D eigenvalue weighted by molar-refractivity contribution is 0.311. The summed E-state index contributed by atoms with van der Waals surface area (Å²) in [6, 6.07) is 16.1. The molecule has 1 aliphatic rings. The van der Waals surface area contributed by atoms with Crippen LogP contribution < -0.4 is 15.6 Å². The van der Waals surface area contributed by atoms with Gasteiger partial charge in [-0.1, -0.05) is 30.5 Å². The molecule has 4 rings (SSSR count). The van der Waals surface area contributed by atoms with Gasteiger partial charge in [0.25, 0.3) is 5.56 Å². The molecule has 0 bridgehead atoms. The van der Waals surface area contributed by atoms with Gasteiger partial charge in [-0.15, -0.1) is 0 Å². The zero-order valence-electron chi connectivity index (χ0n) is 17.4. The molecule has 1 aliphatic carbocycles. The lowest BCUT2D eigenvalue weighted by Gasteiger charge is -2.31. The maximum atomic E-state index is 12.8. The fraction of sp³-hybridized carbons (Fsp3) is 0.333. The number of rotatable bonds is 5. The summed E-state index contributed by atoms with van der Waals surface area (Å²) in [5.41, 5.74) is 3.60. The molecule has 1 aromatic heterocycles. The summed E-state index contributed by atoms with van der Waals surface area (Å²) >= 11 is 5.79. The van der Waals surface area contributed by atoms with E-state index in [2.05, 4.69) is 34.3 Å². The lowest BCUT2D eigenvalue weighted by atomic mass is 10.1. The van der Waals surface area contributed by atoms with Crippen LogP contribution in [0.4, 0.5) is 5.69 Å². The van der Waals surface area contributed by atoms with Gasteiger partial charge < -0.3 is 19.9 Å². The maximum Gasteiger partial charge on any atom is 0.253 e. The number of hydrogen-bond donors (Lipinski definition) is 2. The zero-order chi connectivity index (χ0) is 21.1. The van der Waals surface area contributed by atoms with E-state index in [1.165, 1.54) is 18.4 Å². The average Bonchev–Trinajstić information content (AvgIpc) is 3.28. The average molecular weight is 422 g/mol. The van der Waals surface area contributed by atoms with Gasteiger partial charge in [0.05, 0.1) is 13.7 Å². The number of H-pyrrole nitrogens is 1. The first-order valence-corrected chi connectivity index (χ1v) is 10.8. The second-order valence-corrected chi connectivity index (χ2v) is 8.33. The van der Waals surface area contributed by atoms with E-state index in [4.69, 9.17) is 17.0 Å². The summed E-state index contributed by atoms with van der Waals surface area (Å²) in [6.07, 6.45) is 4.57. The van der Waals surface area contributed by atoms with Crippen molar-refractivity contribution in [1.82, 2.24) is 9.88 Å². The Morgan fingerprint density at radius 3 is 2.60 bits per heavy atom. The molecule has 156 valence electrons. The molecule has 2 aromatic carbocycles. The summed E-state index contributed by atoms with van der Waals surface area (Å²) < 4.78 is 5.33. The van der Waals surface area contributed by atoms with Gasteiger partial charge in [0, 0.05) is 28.2 Å². The third-order valence-electron chi connectivity index (χ3n) is 5.80. The molecule has 30 heavy (non-hydrogen) atoms. The third-order valence-corrected chi connectivity index (χ3v) is 6.13. The van der Waals surface area contributed by atoms with Crippen molar-refractivity contribution < 1.29 is 4.74 Å². The number of benzene rings is 2. The summed E-state index contributed by atoms with van der Waals surface area (Å²) in [5, 5.41) is 4.98. The topological polar surface area (TPSA) is 57.4 Å². The van der Waals surface area contributed by atoms with Crippen molar-refractivity contribution in [2.75, 3.05) is 12.4 Å². The number of thiocarbonyl (C=S) groups is 1. The highest BCUT2D eigenvalue weighted by molar-refractivity contribution is 7.80. The third kappa shape index (κ3) is 4.49. The standard InChI is InChI=1S/C24H27N3O2S/c1-16-7-9-19(10-8-16)25-24(30)27(20-5-3-4-6-20)15-18-13-17-14-21(29-2)11-12-22(17)26-23(18)28/h7-14,20H,3-6,15H2,1-2H3,(H,25,30)(H,26,28). The molecule has 1 fully saturated rings. The van der Waals surface area contributed by atoms with E-state index < -0.39 is 0 Å². The van der Waals surface area contributed by atoms with Gasteiger partial charge >= 0.3 is 0 Å². The highest BCUT2D eigenvalue weighted by Gasteiger charge is 2.25. The second kappa shape index (κ2) is 8.88. The molecule has 0 spiro atoms. The molecule has 0 atom stereocenters. The summed E-state index contributed by atoms with van der Waals surface area (Å²) in [7, 11) is 1.64. The highest BCUT2D eigenvalue weighted by atomic mass is 32.1. The smallest absolute Gasteiger partial charge is 0.253 e. The molecule has 1 heterocycles. The zero-order valence-corrected chi connectivity index (χ0v) is 18.2. The van der Waals surface area contributed by atoms with Crippen molar-refractivity contribution in [1.29, 1.82) is 0 Å². The van der Waals surface area contributed by atoms with Crippen LogP contribution in [0.15, 0.2) is 53.3 Å². The molecular weight excluding hydrogens is 394 g/mol. The van der Waals surface area contributed by atoms with Crippen LogP contribution in [-0.2, 0) is 6.54 Å². The Morgan fingerprint density at radius 1 is 1.17 bits per heavy atom. The number of aromatic nitrogens is 1.